The molecule has 0 atom stereocenters. The highest BCUT2D eigenvalue weighted by Crippen LogP contribution is 2.47. The molecule has 1 aromatic heterocycles. The molecule has 0 aliphatic carbocycles. The van der Waals surface area contributed by atoms with E-state index in [1.54, 1.807) is 0 Å². The van der Waals surface area contributed by atoms with Crippen molar-refractivity contribution >= 4 is 49.6 Å². The van der Waals surface area contributed by atoms with Gasteiger partial charge in [-0.15, -0.1) is 0 Å². The number of ether oxygens (including phenoxy) is 1. The molecule has 0 unspecified atom stereocenters. The summed E-state index contributed by atoms with van der Waals surface area (Å²) in [5.74, 6) is 1.75. The van der Waals surface area contributed by atoms with Crippen LogP contribution in [-0.4, -0.2) is 4.57 Å². The van der Waals surface area contributed by atoms with E-state index in [1.807, 2.05) is 0 Å². The Balaban J connectivity index is 1.23. The Morgan fingerprint density at radius 3 is 1.88 bits per heavy atom. The maximum Gasteiger partial charge on any atom is 0.152 e. The quantitative estimate of drug-likeness (QED) is 0.217. The molecule has 7 aromatic carbocycles. The highest BCUT2D eigenvalue weighted by Gasteiger charge is 2.24. The van der Waals surface area contributed by atoms with Gasteiger partial charge >= 0.3 is 0 Å². The first kappa shape index (κ1) is 23.9. The number of aromatic nitrogens is 1. The van der Waals surface area contributed by atoms with Gasteiger partial charge in [0.05, 0.1) is 22.4 Å². The molecule has 0 fully saturated rings. The third-order valence-electron chi connectivity index (χ3n) is 8.56. The van der Waals surface area contributed by atoms with Crippen molar-refractivity contribution in [3.63, 3.8) is 0 Å². The van der Waals surface area contributed by atoms with Gasteiger partial charge in [0.1, 0.15) is 0 Å². The van der Waals surface area contributed by atoms with E-state index in [0.29, 0.717) is 0 Å². The Labute approximate surface area is 249 Å². The lowest BCUT2D eigenvalue weighted by atomic mass is 9.95. The van der Waals surface area contributed by atoms with Crippen LogP contribution in [0, 0.1) is 0 Å². The number of rotatable bonds is 4. The second-order valence-electron chi connectivity index (χ2n) is 11.0. The molecule has 0 bridgehead atoms. The third-order valence-corrected chi connectivity index (χ3v) is 8.56. The Bertz CT molecular complexity index is 2280. The second-order valence-corrected chi connectivity index (χ2v) is 11.0. The van der Waals surface area contributed by atoms with Crippen molar-refractivity contribution in [2.75, 3.05) is 4.90 Å². The van der Waals surface area contributed by atoms with Crippen molar-refractivity contribution in [1.82, 2.24) is 4.57 Å². The third kappa shape index (κ3) is 3.62. The van der Waals surface area contributed by atoms with Crippen LogP contribution in [0.1, 0.15) is 0 Å². The van der Waals surface area contributed by atoms with Gasteiger partial charge < -0.3 is 14.2 Å². The summed E-state index contributed by atoms with van der Waals surface area (Å²) in [5, 5.41) is 4.84. The molecule has 9 rings (SSSR count). The number of hydrogen-bond acceptors (Lipinski definition) is 2. The maximum absolute atomic E-state index is 6.60. The molecule has 0 radical (unpaired) electrons. The highest BCUT2D eigenvalue weighted by molar-refractivity contribution is 6.12. The van der Waals surface area contributed by atoms with E-state index < -0.39 is 0 Å². The van der Waals surface area contributed by atoms with Gasteiger partial charge in [-0.2, -0.15) is 0 Å². The molecule has 1 aliphatic rings. The van der Waals surface area contributed by atoms with E-state index in [1.165, 1.54) is 32.6 Å². The molecule has 202 valence electrons. The normalized spacial score (nSPS) is 11.9. The summed E-state index contributed by atoms with van der Waals surface area (Å²) in [6.45, 7) is 0. The fourth-order valence-electron chi connectivity index (χ4n) is 6.70. The van der Waals surface area contributed by atoms with Gasteiger partial charge in [0, 0.05) is 27.5 Å². The van der Waals surface area contributed by atoms with Crippen LogP contribution in [0.25, 0.3) is 49.4 Å². The first-order valence-electron chi connectivity index (χ1n) is 14.6. The Morgan fingerprint density at radius 1 is 0.465 bits per heavy atom. The molecular formula is C40H26N2O. The smallest absolute Gasteiger partial charge is 0.152 e. The van der Waals surface area contributed by atoms with Gasteiger partial charge in [0.2, 0.25) is 0 Å². The molecule has 0 N–H and O–H groups in total. The molecule has 3 heteroatoms. The standard InChI is InChI=1S/C40H26N2O/c1-3-12-28(13-4-1)41(29-14-5-2-6-15-29)36-25-23-30(31-16-7-8-17-32(31)36)27-22-24-37-39(26-27)43-38-21-11-19-34-33-18-9-10-20-35(33)42(37)40(34)38/h1-26H. The van der Waals surface area contributed by atoms with E-state index in [9.17, 15) is 0 Å². The summed E-state index contributed by atoms with van der Waals surface area (Å²) in [6.07, 6.45) is 0. The first-order chi connectivity index (χ1) is 21.3. The first-order valence-corrected chi connectivity index (χ1v) is 14.6. The van der Waals surface area contributed by atoms with Crippen molar-refractivity contribution in [2.45, 2.75) is 0 Å². The summed E-state index contributed by atoms with van der Waals surface area (Å²) in [4.78, 5) is 2.33. The van der Waals surface area contributed by atoms with E-state index in [2.05, 4.69) is 167 Å². The molecule has 0 spiro atoms. The fourth-order valence-corrected chi connectivity index (χ4v) is 6.70. The summed E-state index contributed by atoms with van der Waals surface area (Å²) in [5.41, 5.74) is 9.07. The number of fused-ring (bicyclic) bond motifs is 6. The number of benzene rings is 7. The summed E-state index contributed by atoms with van der Waals surface area (Å²) < 4.78 is 8.95. The highest BCUT2D eigenvalue weighted by atomic mass is 16.5. The van der Waals surface area contributed by atoms with E-state index in [-0.39, 0.29) is 0 Å². The number of para-hydroxylation sites is 4. The van der Waals surface area contributed by atoms with Crippen molar-refractivity contribution in [1.29, 1.82) is 0 Å². The van der Waals surface area contributed by atoms with Crippen LogP contribution in [0.3, 0.4) is 0 Å². The van der Waals surface area contributed by atoms with Crippen LogP contribution in [-0.2, 0) is 0 Å². The Morgan fingerprint density at radius 2 is 1.12 bits per heavy atom. The summed E-state index contributed by atoms with van der Waals surface area (Å²) >= 11 is 0. The largest absolute Gasteiger partial charge is 0.453 e. The zero-order chi connectivity index (χ0) is 28.3. The van der Waals surface area contributed by atoms with Crippen molar-refractivity contribution in [3.05, 3.63) is 158 Å². The van der Waals surface area contributed by atoms with E-state index >= 15 is 0 Å². The van der Waals surface area contributed by atoms with E-state index in [0.717, 1.165) is 45.3 Å². The van der Waals surface area contributed by atoms with E-state index in [4.69, 9.17) is 4.74 Å². The summed E-state index contributed by atoms with van der Waals surface area (Å²) in [7, 11) is 0. The Hall–Kier alpha value is -5.80. The zero-order valence-corrected chi connectivity index (χ0v) is 23.3. The van der Waals surface area contributed by atoms with Crippen LogP contribution < -0.4 is 9.64 Å². The molecule has 0 amide bonds. The predicted octanol–water partition coefficient (Wildman–Crippen LogP) is 11.2. The SMILES string of the molecule is c1ccc(N(c2ccccc2)c2ccc(-c3ccc4c(c3)Oc3cccc5c6ccccc6n-4c35)c3ccccc23)cc1. The van der Waals surface area contributed by atoms with Gasteiger partial charge in [-0.3, -0.25) is 0 Å². The lowest BCUT2D eigenvalue weighted by molar-refractivity contribution is 0.476. The van der Waals surface area contributed by atoms with Gasteiger partial charge in [-0.1, -0.05) is 103 Å². The monoisotopic (exact) mass is 550 g/mol. The lowest BCUT2D eigenvalue weighted by Gasteiger charge is -2.27. The topological polar surface area (TPSA) is 17.4 Å². The average molecular weight is 551 g/mol. The van der Waals surface area contributed by atoms with Gasteiger partial charge in [0.15, 0.2) is 11.5 Å². The molecule has 3 nitrogen and oxygen atoms in total. The van der Waals surface area contributed by atoms with Crippen LogP contribution >= 0.6 is 0 Å². The molecule has 0 saturated heterocycles. The van der Waals surface area contributed by atoms with Gasteiger partial charge in [0.25, 0.3) is 0 Å². The minimum Gasteiger partial charge on any atom is -0.453 e. The molecule has 2 heterocycles. The average Bonchev–Trinajstić information content (AvgIpc) is 3.42. The second kappa shape index (κ2) is 9.37. The number of nitrogens with zero attached hydrogens (tertiary/aromatic N) is 2. The molecular weight excluding hydrogens is 524 g/mol. The van der Waals surface area contributed by atoms with Crippen molar-refractivity contribution in [3.8, 4) is 28.3 Å². The van der Waals surface area contributed by atoms with Gasteiger partial charge in [-0.05, 0) is 71.1 Å². The molecule has 43 heavy (non-hydrogen) atoms. The minimum atomic E-state index is 0.863. The minimum absolute atomic E-state index is 0.863. The molecule has 8 aromatic rings. The number of anilines is 3. The zero-order valence-electron chi connectivity index (χ0n) is 23.3. The lowest BCUT2D eigenvalue weighted by Crippen LogP contribution is -2.10. The summed E-state index contributed by atoms with van der Waals surface area (Å²) in [6, 6.07) is 55.9. The van der Waals surface area contributed by atoms with Crippen molar-refractivity contribution < 1.29 is 4.74 Å². The van der Waals surface area contributed by atoms with Crippen LogP contribution in [0.2, 0.25) is 0 Å². The Kier molecular flexibility index (Phi) is 5.20. The van der Waals surface area contributed by atoms with Crippen LogP contribution in [0.4, 0.5) is 17.1 Å². The molecule has 0 saturated carbocycles. The number of hydrogen-bond donors (Lipinski definition) is 0. The van der Waals surface area contributed by atoms with Crippen molar-refractivity contribution in [2.24, 2.45) is 0 Å². The predicted molar refractivity (Wildman–Crippen MR) is 178 cm³/mol. The molecule has 1 aliphatic heterocycles. The maximum atomic E-state index is 6.60. The van der Waals surface area contributed by atoms with Crippen LogP contribution in [0.5, 0.6) is 11.5 Å². The van der Waals surface area contributed by atoms with Crippen LogP contribution in [0.15, 0.2) is 158 Å². The fraction of sp³-hybridized carbons (Fsp3) is 0. The van der Waals surface area contributed by atoms with Gasteiger partial charge in [-0.25, -0.2) is 0 Å².